The Bertz CT molecular complexity index is 1010. The van der Waals surface area contributed by atoms with E-state index in [-0.39, 0.29) is 22.7 Å². The number of pyridine rings is 2. The molecule has 2 heterocycles. The van der Waals surface area contributed by atoms with Crippen LogP contribution in [0, 0.1) is 12.7 Å². The molecule has 0 fully saturated rings. The van der Waals surface area contributed by atoms with Gasteiger partial charge in [0.25, 0.3) is 11.5 Å². The van der Waals surface area contributed by atoms with Gasteiger partial charge in [-0.15, -0.1) is 0 Å². The molecule has 26 heavy (non-hydrogen) atoms. The van der Waals surface area contributed by atoms with E-state index in [0.29, 0.717) is 5.82 Å². The molecule has 0 atom stereocenters. The third-order valence-electron chi connectivity index (χ3n) is 3.90. The first-order valence-corrected chi connectivity index (χ1v) is 8.20. The number of carbonyl (C=O) groups is 1. The summed E-state index contributed by atoms with van der Waals surface area (Å²) >= 11 is 6.02. The van der Waals surface area contributed by atoms with Gasteiger partial charge < -0.3 is 9.88 Å². The Morgan fingerprint density at radius 2 is 2.04 bits per heavy atom. The van der Waals surface area contributed by atoms with E-state index in [9.17, 15) is 14.0 Å². The van der Waals surface area contributed by atoms with Gasteiger partial charge >= 0.3 is 0 Å². The van der Waals surface area contributed by atoms with Crippen molar-refractivity contribution in [1.29, 1.82) is 0 Å². The van der Waals surface area contributed by atoms with E-state index >= 15 is 0 Å². The lowest BCUT2D eigenvalue weighted by molar-refractivity contribution is 0.102. The Labute approximate surface area is 154 Å². The number of nitrogens with zero attached hydrogens (tertiary/aromatic N) is 2. The number of amides is 1. The second kappa shape index (κ2) is 7.49. The second-order valence-electron chi connectivity index (χ2n) is 5.68. The lowest BCUT2D eigenvalue weighted by atomic mass is 10.2. The molecule has 0 bridgehead atoms. The fourth-order valence-electron chi connectivity index (χ4n) is 2.48. The Morgan fingerprint density at radius 1 is 1.23 bits per heavy atom. The van der Waals surface area contributed by atoms with Crippen molar-refractivity contribution in [2.75, 3.05) is 5.32 Å². The molecule has 0 saturated carbocycles. The standard InChI is InChI=1S/C19H15ClFN3O2/c1-12-5-3-9-22-17(12)23-18(25)13-6-4-10-24(19(13)26)11-14-15(20)7-2-8-16(14)21/h2-10H,11H2,1H3,(H,22,23,25). The van der Waals surface area contributed by atoms with Gasteiger partial charge in [0.1, 0.15) is 17.2 Å². The zero-order valence-corrected chi connectivity index (χ0v) is 14.6. The molecule has 7 heteroatoms. The van der Waals surface area contributed by atoms with Gasteiger partial charge in [-0.1, -0.05) is 23.7 Å². The van der Waals surface area contributed by atoms with Crippen LogP contribution in [0.25, 0.3) is 0 Å². The van der Waals surface area contributed by atoms with Crippen molar-refractivity contribution >= 4 is 23.3 Å². The van der Waals surface area contributed by atoms with Gasteiger partial charge in [-0.3, -0.25) is 9.59 Å². The summed E-state index contributed by atoms with van der Waals surface area (Å²) in [4.78, 5) is 29.2. The van der Waals surface area contributed by atoms with Crippen molar-refractivity contribution in [2.45, 2.75) is 13.5 Å². The SMILES string of the molecule is Cc1cccnc1NC(=O)c1cccn(Cc2c(F)cccc2Cl)c1=O. The van der Waals surface area contributed by atoms with Crippen LogP contribution in [0.3, 0.4) is 0 Å². The van der Waals surface area contributed by atoms with Crippen molar-refractivity contribution in [1.82, 2.24) is 9.55 Å². The molecule has 1 N–H and O–H groups in total. The molecule has 0 aliphatic carbocycles. The molecule has 3 rings (SSSR count). The number of aromatic nitrogens is 2. The molecule has 1 amide bonds. The van der Waals surface area contributed by atoms with E-state index in [1.165, 1.54) is 29.0 Å². The van der Waals surface area contributed by atoms with E-state index in [2.05, 4.69) is 10.3 Å². The first kappa shape index (κ1) is 17.8. The van der Waals surface area contributed by atoms with Crippen LogP contribution in [0.2, 0.25) is 5.02 Å². The molecule has 2 aromatic heterocycles. The van der Waals surface area contributed by atoms with Gasteiger partial charge in [-0.25, -0.2) is 9.37 Å². The minimum atomic E-state index is -0.578. The number of carbonyl (C=O) groups excluding carboxylic acids is 1. The third kappa shape index (κ3) is 3.65. The van der Waals surface area contributed by atoms with Crippen LogP contribution in [0.4, 0.5) is 10.2 Å². The molecule has 0 saturated heterocycles. The molecular formula is C19H15ClFN3O2. The quantitative estimate of drug-likeness (QED) is 0.761. The first-order valence-electron chi connectivity index (χ1n) is 7.82. The van der Waals surface area contributed by atoms with Crippen LogP contribution in [0.5, 0.6) is 0 Å². The number of halogens is 2. The lowest BCUT2D eigenvalue weighted by Crippen LogP contribution is -2.29. The molecule has 3 aromatic rings. The smallest absolute Gasteiger partial charge is 0.263 e. The zero-order chi connectivity index (χ0) is 18.7. The second-order valence-corrected chi connectivity index (χ2v) is 6.09. The number of anilines is 1. The Hall–Kier alpha value is -2.99. The summed E-state index contributed by atoms with van der Waals surface area (Å²) in [6.45, 7) is 1.72. The number of rotatable bonds is 4. The summed E-state index contributed by atoms with van der Waals surface area (Å²) in [6, 6.07) is 10.8. The highest BCUT2D eigenvalue weighted by Gasteiger charge is 2.15. The molecule has 0 unspecified atom stereocenters. The maximum absolute atomic E-state index is 14.0. The molecule has 5 nitrogen and oxygen atoms in total. The van der Waals surface area contributed by atoms with E-state index < -0.39 is 17.3 Å². The highest BCUT2D eigenvalue weighted by Crippen LogP contribution is 2.19. The van der Waals surface area contributed by atoms with Gasteiger partial charge in [0.15, 0.2) is 0 Å². The number of aryl methyl sites for hydroxylation is 1. The zero-order valence-electron chi connectivity index (χ0n) is 13.9. The van der Waals surface area contributed by atoms with Crippen molar-refractivity contribution < 1.29 is 9.18 Å². The van der Waals surface area contributed by atoms with Crippen molar-refractivity contribution in [3.8, 4) is 0 Å². The van der Waals surface area contributed by atoms with E-state index in [1.807, 2.05) is 0 Å². The molecule has 0 radical (unpaired) electrons. The summed E-state index contributed by atoms with van der Waals surface area (Å²) < 4.78 is 15.2. The fraction of sp³-hybridized carbons (Fsp3) is 0.105. The molecule has 1 aromatic carbocycles. The van der Waals surface area contributed by atoms with Crippen LogP contribution in [0.15, 0.2) is 59.7 Å². The van der Waals surface area contributed by atoms with Crippen LogP contribution < -0.4 is 10.9 Å². The summed E-state index contributed by atoms with van der Waals surface area (Å²) in [7, 11) is 0. The highest BCUT2D eigenvalue weighted by molar-refractivity contribution is 6.31. The molecule has 0 spiro atoms. The average molecular weight is 372 g/mol. The van der Waals surface area contributed by atoms with Gasteiger partial charge in [-0.2, -0.15) is 0 Å². The Balaban J connectivity index is 1.91. The van der Waals surface area contributed by atoms with Crippen molar-refractivity contribution in [2.24, 2.45) is 0 Å². The lowest BCUT2D eigenvalue weighted by Gasteiger charge is -2.11. The predicted molar refractivity (Wildman–Crippen MR) is 98.1 cm³/mol. The van der Waals surface area contributed by atoms with Crippen molar-refractivity contribution in [3.63, 3.8) is 0 Å². The molecular weight excluding hydrogens is 357 g/mol. The molecule has 132 valence electrons. The summed E-state index contributed by atoms with van der Waals surface area (Å²) in [5.74, 6) is -0.710. The van der Waals surface area contributed by atoms with Crippen molar-refractivity contribution in [3.05, 3.63) is 92.7 Å². The maximum atomic E-state index is 14.0. The number of benzene rings is 1. The van der Waals surface area contributed by atoms with Gasteiger partial charge in [0, 0.05) is 23.0 Å². The van der Waals surface area contributed by atoms with Gasteiger partial charge in [0.2, 0.25) is 0 Å². The maximum Gasteiger partial charge on any atom is 0.263 e. The van der Waals surface area contributed by atoms with E-state index in [0.717, 1.165) is 5.56 Å². The molecule has 0 aliphatic heterocycles. The number of hydrogen-bond donors (Lipinski definition) is 1. The Kier molecular flexibility index (Phi) is 5.14. The highest BCUT2D eigenvalue weighted by atomic mass is 35.5. The van der Waals surface area contributed by atoms with Crippen LogP contribution in [-0.4, -0.2) is 15.5 Å². The van der Waals surface area contributed by atoms with Crippen LogP contribution in [-0.2, 0) is 6.54 Å². The summed E-state index contributed by atoms with van der Waals surface area (Å²) in [5.41, 5.74) is 0.354. The number of nitrogens with one attached hydrogen (secondary N) is 1. The summed E-state index contributed by atoms with van der Waals surface area (Å²) in [5, 5.41) is 2.84. The fourth-order valence-corrected chi connectivity index (χ4v) is 2.70. The van der Waals surface area contributed by atoms with Crippen LogP contribution in [0.1, 0.15) is 21.5 Å². The van der Waals surface area contributed by atoms with Gasteiger partial charge in [0.05, 0.1) is 6.54 Å². The predicted octanol–water partition coefficient (Wildman–Crippen LogP) is 3.64. The van der Waals surface area contributed by atoms with E-state index in [4.69, 9.17) is 11.6 Å². The van der Waals surface area contributed by atoms with Crippen LogP contribution >= 0.6 is 11.6 Å². The topological polar surface area (TPSA) is 64.0 Å². The van der Waals surface area contributed by atoms with E-state index in [1.54, 1.807) is 37.4 Å². The average Bonchev–Trinajstić information content (AvgIpc) is 2.61. The first-order chi connectivity index (χ1) is 12.5. The largest absolute Gasteiger partial charge is 0.310 e. The minimum Gasteiger partial charge on any atom is -0.310 e. The molecule has 0 aliphatic rings. The minimum absolute atomic E-state index is 0.0648. The monoisotopic (exact) mass is 371 g/mol. The number of hydrogen-bond acceptors (Lipinski definition) is 3. The van der Waals surface area contributed by atoms with Gasteiger partial charge in [-0.05, 0) is 42.8 Å². The Morgan fingerprint density at radius 3 is 2.77 bits per heavy atom. The normalized spacial score (nSPS) is 10.6. The summed E-state index contributed by atoms with van der Waals surface area (Å²) in [6.07, 6.45) is 3.03. The third-order valence-corrected chi connectivity index (χ3v) is 4.25.